The number of benzene rings is 1. The summed E-state index contributed by atoms with van der Waals surface area (Å²) in [7, 11) is 0. The first-order valence-electron chi connectivity index (χ1n) is 8.01. The summed E-state index contributed by atoms with van der Waals surface area (Å²) >= 11 is 0. The van der Waals surface area contributed by atoms with Crippen LogP contribution in [0, 0.1) is 5.82 Å². The molecule has 1 aliphatic rings. The van der Waals surface area contributed by atoms with E-state index in [9.17, 15) is 13.2 Å². The standard InChI is InChI=1S/C16H23F3N4O/c1-2-23-8-4-5-11(23)9-21-16(20)22-10-12-13(17)6-3-7-14(12)24-15(18)19/h3,6-7,11,15H,2,4-5,8-10H2,1H3,(H3,20,21,22). The third-order valence-electron chi connectivity index (χ3n) is 4.12. The predicted molar refractivity (Wildman–Crippen MR) is 86.6 cm³/mol. The van der Waals surface area contributed by atoms with E-state index in [0.29, 0.717) is 12.6 Å². The number of nitrogens with two attached hydrogens (primary N) is 1. The zero-order valence-electron chi connectivity index (χ0n) is 13.6. The molecule has 3 N–H and O–H groups in total. The Morgan fingerprint density at radius 3 is 3.00 bits per heavy atom. The number of likely N-dealkylation sites (N-methyl/N-ethyl adjacent to an activating group) is 1. The van der Waals surface area contributed by atoms with Gasteiger partial charge in [-0.2, -0.15) is 8.78 Å². The lowest BCUT2D eigenvalue weighted by Gasteiger charge is -2.23. The second kappa shape index (κ2) is 8.77. The summed E-state index contributed by atoms with van der Waals surface area (Å²) in [6.45, 7) is 1.62. The van der Waals surface area contributed by atoms with Crippen molar-refractivity contribution in [2.24, 2.45) is 10.7 Å². The maximum absolute atomic E-state index is 13.8. The van der Waals surface area contributed by atoms with Crippen LogP contribution in [0.5, 0.6) is 5.75 Å². The molecule has 1 unspecified atom stereocenters. The van der Waals surface area contributed by atoms with Crippen molar-refractivity contribution in [2.45, 2.75) is 39.0 Å². The Kier molecular flexibility index (Phi) is 6.72. The SMILES string of the molecule is CCN1CCCC1CNC(N)=NCc1c(F)cccc1OC(F)F. The van der Waals surface area contributed by atoms with Crippen LogP contribution in [0.15, 0.2) is 23.2 Å². The summed E-state index contributed by atoms with van der Waals surface area (Å²) in [4.78, 5) is 6.39. The average Bonchev–Trinajstić information content (AvgIpc) is 2.99. The van der Waals surface area contributed by atoms with Crippen molar-refractivity contribution in [2.75, 3.05) is 19.6 Å². The first-order valence-corrected chi connectivity index (χ1v) is 8.01. The fourth-order valence-electron chi connectivity index (χ4n) is 2.88. The van der Waals surface area contributed by atoms with Gasteiger partial charge in [0.1, 0.15) is 11.6 Å². The minimum absolute atomic E-state index is 0.0430. The normalized spacial score (nSPS) is 19.0. The number of aliphatic imine (C=N–C) groups is 1. The smallest absolute Gasteiger partial charge is 0.387 e. The van der Waals surface area contributed by atoms with Gasteiger partial charge in [-0.15, -0.1) is 0 Å². The van der Waals surface area contributed by atoms with Crippen LogP contribution < -0.4 is 15.8 Å². The van der Waals surface area contributed by atoms with Crippen LogP contribution in [0.4, 0.5) is 13.2 Å². The molecule has 0 aromatic heterocycles. The number of ether oxygens (including phenoxy) is 1. The van der Waals surface area contributed by atoms with E-state index in [1.807, 2.05) is 0 Å². The zero-order valence-corrected chi connectivity index (χ0v) is 13.6. The monoisotopic (exact) mass is 344 g/mol. The maximum Gasteiger partial charge on any atom is 0.387 e. The molecule has 1 aromatic carbocycles. The van der Waals surface area contributed by atoms with E-state index >= 15 is 0 Å². The van der Waals surface area contributed by atoms with Gasteiger partial charge in [-0.25, -0.2) is 9.38 Å². The number of rotatable bonds is 7. The lowest BCUT2D eigenvalue weighted by atomic mass is 10.2. The van der Waals surface area contributed by atoms with Gasteiger partial charge >= 0.3 is 6.61 Å². The van der Waals surface area contributed by atoms with Crippen LogP contribution >= 0.6 is 0 Å². The topological polar surface area (TPSA) is 62.9 Å². The molecule has 0 amide bonds. The summed E-state index contributed by atoms with van der Waals surface area (Å²) in [5, 5.41) is 3.01. The Morgan fingerprint density at radius 1 is 1.50 bits per heavy atom. The van der Waals surface area contributed by atoms with Crippen molar-refractivity contribution in [3.05, 3.63) is 29.6 Å². The Balaban J connectivity index is 1.94. The molecule has 1 aromatic rings. The van der Waals surface area contributed by atoms with E-state index in [1.54, 1.807) is 0 Å². The minimum Gasteiger partial charge on any atom is -0.434 e. The van der Waals surface area contributed by atoms with Gasteiger partial charge in [0.2, 0.25) is 0 Å². The highest BCUT2D eigenvalue weighted by Gasteiger charge is 2.22. The maximum atomic E-state index is 13.8. The fourth-order valence-corrected chi connectivity index (χ4v) is 2.88. The van der Waals surface area contributed by atoms with E-state index < -0.39 is 12.4 Å². The van der Waals surface area contributed by atoms with Crippen molar-refractivity contribution in [1.29, 1.82) is 0 Å². The molecule has 1 fully saturated rings. The molecule has 134 valence electrons. The molecular formula is C16H23F3N4O. The highest BCUT2D eigenvalue weighted by Crippen LogP contribution is 2.24. The molecule has 0 radical (unpaired) electrons. The first-order chi connectivity index (χ1) is 11.5. The van der Waals surface area contributed by atoms with Crippen molar-refractivity contribution in [1.82, 2.24) is 10.2 Å². The summed E-state index contributed by atoms with van der Waals surface area (Å²) < 4.78 is 42.9. The van der Waals surface area contributed by atoms with E-state index in [0.717, 1.165) is 25.9 Å². The minimum atomic E-state index is -3.02. The second-order valence-electron chi connectivity index (χ2n) is 5.60. The molecule has 5 nitrogen and oxygen atoms in total. The summed E-state index contributed by atoms with van der Waals surface area (Å²) in [6.07, 6.45) is 2.24. The van der Waals surface area contributed by atoms with Crippen molar-refractivity contribution >= 4 is 5.96 Å². The van der Waals surface area contributed by atoms with E-state index in [1.165, 1.54) is 18.2 Å². The van der Waals surface area contributed by atoms with Gasteiger partial charge in [0.25, 0.3) is 0 Å². The number of hydrogen-bond donors (Lipinski definition) is 2. The lowest BCUT2D eigenvalue weighted by Crippen LogP contribution is -2.42. The number of alkyl halides is 2. The van der Waals surface area contributed by atoms with Gasteiger partial charge in [-0.05, 0) is 38.1 Å². The number of nitrogens with one attached hydrogen (secondary N) is 1. The Hall–Kier alpha value is -1.96. The highest BCUT2D eigenvalue weighted by atomic mass is 19.3. The van der Waals surface area contributed by atoms with Crippen LogP contribution in [0.3, 0.4) is 0 Å². The van der Waals surface area contributed by atoms with Gasteiger partial charge < -0.3 is 15.8 Å². The number of hydrogen-bond acceptors (Lipinski definition) is 3. The molecule has 0 saturated carbocycles. The Bertz CT molecular complexity index is 568. The largest absolute Gasteiger partial charge is 0.434 e. The first kappa shape index (κ1) is 18.4. The summed E-state index contributed by atoms with van der Waals surface area (Å²) in [5.41, 5.74) is 5.75. The van der Waals surface area contributed by atoms with Crippen molar-refractivity contribution < 1.29 is 17.9 Å². The van der Waals surface area contributed by atoms with Crippen LogP contribution in [-0.2, 0) is 6.54 Å². The van der Waals surface area contributed by atoms with Gasteiger partial charge in [0.05, 0.1) is 12.1 Å². The quantitative estimate of drug-likeness (QED) is 0.589. The van der Waals surface area contributed by atoms with E-state index in [-0.39, 0.29) is 23.8 Å². The van der Waals surface area contributed by atoms with E-state index in [4.69, 9.17) is 5.73 Å². The third kappa shape index (κ3) is 5.02. The molecule has 2 rings (SSSR count). The molecule has 24 heavy (non-hydrogen) atoms. The van der Waals surface area contributed by atoms with Crippen LogP contribution in [0.1, 0.15) is 25.3 Å². The lowest BCUT2D eigenvalue weighted by molar-refractivity contribution is -0.0506. The fraction of sp³-hybridized carbons (Fsp3) is 0.562. The second-order valence-corrected chi connectivity index (χ2v) is 5.60. The molecule has 0 aliphatic carbocycles. The molecule has 1 saturated heterocycles. The number of nitrogens with zero attached hydrogens (tertiary/aromatic N) is 2. The van der Waals surface area contributed by atoms with Crippen molar-refractivity contribution in [3.63, 3.8) is 0 Å². The molecule has 0 bridgehead atoms. The van der Waals surface area contributed by atoms with Gasteiger partial charge in [0.15, 0.2) is 5.96 Å². The third-order valence-corrected chi connectivity index (χ3v) is 4.12. The van der Waals surface area contributed by atoms with Gasteiger partial charge in [-0.3, -0.25) is 4.90 Å². The van der Waals surface area contributed by atoms with Crippen LogP contribution in [-0.4, -0.2) is 43.1 Å². The predicted octanol–water partition coefficient (Wildman–Crippen LogP) is 2.32. The number of halogens is 3. The van der Waals surface area contributed by atoms with Gasteiger partial charge in [-0.1, -0.05) is 13.0 Å². The summed E-state index contributed by atoms with van der Waals surface area (Å²) in [5.74, 6) is -0.726. The summed E-state index contributed by atoms with van der Waals surface area (Å²) in [6, 6.07) is 4.16. The van der Waals surface area contributed by atoms with Crippen molar-refractivity contribution in [3.8, 4) is 5.75 Å². The Labute approximate surface area is 139 Å². The molecule has 8 heteroatoms. The molecule has 1 aliphatic heterocycles. The average molecular weight is 344 g/mol. The van der Waals surface area contributed by atoms with Crippen LogP contribution in [0.25, 0.3) is 0 Å². The number of likely N-dealkylation sites (tertiary alicyclic amines) is 1. The van der Waals surface area contributed by atoms with Gasteiger partial charge in [0, 0.05) is 12.6 Å². The van der Waals surface area contributed by atoms with E-state index in [2.05, 4.69) is 26.9 Å². The molecular weight excluding hydrogens is 321 g/mol. The highest BCUT2D eigenvalue weighted by molar-refractivity contribution is 5.77. The molecule has 0 spiro atoms. The molecule has 1 atom stereocenters. The number of guanidine groups is 1. The molecule has 1 heterocycles. The zero-order chi connectivity index (χ0) is 17.5. The van der Waals surface area contributed by atoms with Crippen LogP contribution in [0.2, 0.25) is 0 Å². The Morgan fingerprint density at radius 2 is 2.29 bits per heavy atom.